The third kappa shape index (κ3) is 5.83. The van der Waals surface area contributed by atoms with Gasteiger partial charge in [0, 0.05) is 25.2 Å². The molecule has 3 N–H and O–H groups in total. The molecule has 0 bridgehead atoms. The molecule has 0 radical (unpaired) electrons. The highest BCUT2D eigenvalue weighted by Gasteiger charge is 2.28. The second kappa shape index (κ2) is 7.45. The summed E-state index contributed by atoms with van der Waals surface area (Å²) < 4.78 is 5.33. The standard InChI is InChI=1S/C16H31N3O2/c1-16(2,3)21-15(20)18-11-14(12-6-4-5-7-12)19-13-8-9-17-10-13/h12-14,17,19H,4-11H2,1-3H3,(H,18,20). The summed E-state index contributed by atoms with van der Waals surface area (Å²) in [6.45, 7) is 8.47. The largest absolute Gasteiger partial charge is 0.444 e. The topological polar surface area (TPSA) is 62.4 Å². The van der Waals surface area contributed by atoms with E-state index in [9.17, 15) is 4.79 Å². The first-order chi connectivity index (χ1) is 9.94. The second-order valence-electron chi connectivity index (χ2n) is 7.39. The van der Waals surface area contributed by atoms with Gasteiger partial charge >= 0.3 is 6.09 Å². The van der Waals surface area contributed by atoms with Crippen LogP contribution in [0.25, 0.3) is 0 Å². The van der Waals surface area contributed by atoms with Crippen molar-refractivity contribution in [3.05, 3.63) is 0 Å². The summed E-state index contributed by atoms with van der Waals surface area (Å²) in [6, 6.07) is 0.904. The molecule has 1 saturated heterocycles. The highest BCUT2D eigenvalue weighted by Crippen LogP contribution is 2.28. The maximum Gasteiger partial charge on any atom is 0.407 e. The van der Waals surface area contributed by atoms with Gasteiger partial charge in [-0.1, -0.05) is 12.8 Å². The summed E-state index contributed by atoms with van der Waals surface area (Å²) in [6.07, 6.45) is 6.05. The lowest BCUT2D eigenvalue weighted by molar-refractivity contribution is 0.0517. The van der Waals surface area contributed by atoms with Gasteiger partial charge in [-0.2, -0.15) is 0 Å². The molecule has 0 aromatic rings. The number of carbonyl (C=O) groups excluding carboxylic acids is 1. The highest BCUT2D eigenvalue weighted by molar-refractivity contribution is 5.67. The number of rotatable bonds is 5. The van der Waals surface area contributed by atoms with Crippen molar-refractivity contribution in [2.45, 2.75) is 70.6 Å². The fraction of sp³-hybridized carbons (Fsp3) is 0.938. The number of carbonyl (C=O) groups is 1. The first-order valence-corrected chi connectivity index (χ1v) is 8.37. The molecular weight excluding hydrogens is 266 g/mol. The Hall–Kier alpha value is -0.810. The second-order valence-corrected chi connectivity index (χ2v) is 7.39. The van der Waals surface area contributed by atoms with Crippen LogP contribution in [0.2, 0.25) is 0 Å². The number of nitrogens with one attached hydrogen (secondary N) is 3. The van der Waals surface area contributed by atoms with Gasteiger partial charge in [0.1, 0.15) is 5.60 Å². The molecule has 2 rings (SSSR count). The normalized spacial score (nSPS) is 25.0. The van der Waals surface area contributed by atoms with E-state index in [1.54, 1.807) is 0 Å². The van der Waals surface area contributed by atoms with Crippen molar-refractivity contribution < 1.29 is 9.53 Å². The Morgan fingerprint density at radius 2 is 2.00 bits per heavy atom. The van der Waals surface area contributed by atoms with Gasteiger partial charge in [-0.15, -0.1) is 0 Å². The van der Waals surface area contributed by atoms with Crippen LogP contribution < -0.4 is 16.0 Å². The van der Waals surface area contributed by atoms with Gasteiger partial charge in [0.05, 0.1) is 0 Å². The Kier molecular flexibility index (Phi) is 5.88. The Bertz CT molecular complexity index is 329. The lowest BCUT2D eigenvalue weighted by atomic mass is 9.97. The van der Waals surface area contributed by atoms with Crippen LogP contribution >= 0.6 is 0 Å². The molecule has 2 fully saturated rings. The van der Waals surface area contributed by atoms with Crippen molar-refractivity contribution >= 4 is 6.09 Å². The maximum absolute atomic E-state index is 11.8. The van der Waals surface area contributed by atoms with Crippen LogP contribution in [-0.2, 0) is 4.74 Å². The quantitative estimate of drug-likeness (QED) is 0.726. The lowest BCUT2D eigenvalue weighted by Gasteiger charge is -2.29. The van der Waals surface area contributed by atoms with E-state index >= 15 is 0 Å². The van der Waals surface area contributed by atoms with Crippen molar-refractivity contribution in [3.8, 4) is 0 Å². The first-order valence-electron chi connectivity index (χ1n) is 8.37. The van der Waals surface area contributed by atoms with E-state index in [-0.39, 0.29) is 6.09 Å². The lowest BCUT2D eigenvalue weighted by Crippen LogP contribution is -2.50. The third-order valence-corrected chi connectivity index (χ3v) is 4.34. The average molecular weight is 297 g/mol. The fourth-order valence-corrected chi connectivity index (χ4v) is 3.33. The summed E-state index contributed by atoms with van der Waals surface area (Å²) in [5.74, 6) is 0.681. The van der Waals surface area contributed by atoms with E-state index < -0.39 is 5.60 Å². The summed E-state index contributed by atoms with van der Waals surface area (Å²) in [7, 11) is 0. The molecule has 21 heavy (non-hydrogen) atoms. The molecule has 1 aliphatic heterocycles. The van der Waals surface area contributed by atoms with Crippen molar-refractivity contribution in [1.82, 2.24) is 16.0 Å². The summed E-state index contributed by atoms with van der Waals surface area (Å²) >= 11 is 0. The molecule has 5 nitrogen and oxygen atoms in total. The molecule has 2 unspecified atom stereocenters. The minimum atomic E-state index is -0.435. The van der Waals surface area contributed by atoms with Gasteiger partial charge in [-0.05, 0) is 52.5 Å². The van der Waals surface area contributed by atoms with Gasteiger partial charge in [-0.3, -0.25) is 0 Å². The van der Waals surface area contributed by atoms with Crippen LogP contribution in [0.1, 0.15) is 52.9 Å². The van der Waals surface area contributed by atoms with Crippen molar-refractivity contribution in [2.75, 3.05) is 19.6 Å². The summed E-state index contributed by atoms with van der Waals surface area (Å²) in [5.41, 5.74) is -0.435. The SMILES string of the molecule is CC(C)(C)OC(=O)NCC(NC1CCNC1)C1CCCC1. The molecule has 1 aliphatic carbocycles. The van der Waals surface area contributed by atoms with E-state index in [1.165, 1.54) is 32.1 Å². The fourth-order valence-electron chi connectivity index (χ4n) is 3.33. The molecule has 2 aliphatic rings. The van der Waals surface area contributed by atoms with Crippen LogP contribution in [0.15, 0.2) is 0 Å². The third-order valence-electron chi connectivity index (χ3n) is 4.34. The van der Waals surface area contributed by atoms with Crippen LogP contribution in [0.5, 0.6) is 0 Å². The first kappa shape index (κ1) is 16.6. The number of hydrogen-bond donors (Lipinski definition) is 3. The molecule has 0 spiro atoms. The van der Waals surface area contributed by atoms with E-state index in [1.807, 2.05) is 20.8 Å². The Morgan fingerprint density at radius 1 is 1.29 bits per heavy atom. The Morgan fingerprint density at radius 3 is 2.57 bits per heavy atom. The van der Waals surface area contributed by atoms with Crippen LogP contribution in [0.3, 0.4) is 0 Å². The van der Waals surface area contributed by atoms with Crippen LogP contribution in [-0.4, -0.2) is 43.4 Å². The van der Waals surface area contributed by atoms with Crippen LogP contribution in [0, 0.1) is 5.92 Å². The minimum Gasteiger partial charge on any atom is -0.444 e. The number of ether oxygens (including phenoxy) is 1. The Labute approximate surface area is 128 Å². The van der Waals surface area contributed by atoms with Gasteiger partial charge in [0.2, 0.25) is 0 Å². The Balaban J connectivity index is 1.81. The zero-order chi connectivity index (χ0) is 15.3. The zero-order valence-electron chi connectivity index (χ0n) is 13.7. The minimum absolute atomic E-state index is 0.308. The molecule has 2 atom stereocenters. The highest BCUT2D eigenvalue weighted by atomic mass is 16.6. The predicted octanol–water partition coefficient (Wildman–Crippen LogP) is 2.02. The molecule has 0 aromatic carbocycles. The summed E-state index contributed by atoms with van der Waals surface area (Å²) in [4.78, 5) is 11.8. The number of alkyl carbamates (subject to hydrolysis) is 1. The predicted molar refractivity (Wildman–Crippen MR) is 84.4 cm³/mol. The molecule has 122 valence electrons. The van der Waals surface area contributed by atoms with E-state index in [0.717, 1.165) is 13.1 Å². The maximum atomic E-state index is 11.8. The van der Waals surface area contributed by atoms with Gasteiger partial charge in [-0.25, -0.2) is 4.79 Å². The number of amides is 1. The smallest absolute Gasteiger partial charge is 0.407 e. The van der Waals surface area contributed by atoms with Crippen molar-refractivity contribution in [1.29, 1.82) is 0 Å². The molecular formula is C16H31N3O2. The van der Waals surface area contributed by atoms with E-state index in [4.69, 9.17) is 4.74 Å². The molecule has 1 amide bonds. The molecule has 1 heterocycles. The average Bonchev–Trinajstić information content (AvgIpc) is 3.05. The zero-order valence-corrected chi connectivity index (χ0v) is 13.7. The molecule has 5 heteroatoms. The monoisotopic (exact) mass is 297 g/mol. The van der Waals surface area contributed by atoms with Gasteiger partial charge in [0.15, 0.2) is 0 Å². The van der Waals surface area contributed by atoms with E-state index in [0.29, 0.717) is 24.5 Å². The molecule has 0 aromatic heterocycles. The molecule has 1 saturated carbocycles. The van der Waals surface area contributed by atoms with E-state index in [2.05, 4.69) is 16.0 Å². The summed E-state index contributed by atoms with van der Waals surface area (Å²) in [5, 5.41) is 10.1. The van der Waals surface area contributed by atoms with Crippen LogP contribution in [0.4, 0.5) is 4.79 Å². The van der Waals surface area contributed by atoms with Crippen molar-refractivity contribution in [3.63, 3.8) is 0 Å². The number of hydrogen-bond acceptors (Lipinski definition) is 4. The van der Waals surface area contributed by atoms with Crippen molar-refractivity contribution in [2.24, 2.45) is 5.92 Å². The van der Waals surface area contributed by atoms with Gasteiger partial charge < -0.3 is 20.7 Å². The van der Waals surface area contributed by atoms with Gasteiger partial charge in [0.25, 0.3) is 0 Å².